The molecule has 0 bridgehead atoms. The van der Waals surface area contributed by atoms with Crippen molar-refractivity contribution in [3.05, 3.63) is 58.1 Å². The van der Waals surface area contributed by atoms with Gasteiger partial charge in [0.15, 0.2) is 0 Å². The van der Waals surface area contributed by atoms with E-state index in [1.807, 2.05) is 0 Å². The number of carbonyl (C=O) groups is 2. The molecule has 0 aliphatic heterocycles. The van der Waals surface area contributed by atoms with Gasteiger partial charge in [-0.05, 0) is 55.3 Å². The fourth-order valence-corrected chi connectivity index (χ4v) is 3.39. The lowest BCUT2D eigenvalue weighted by atomic mass is 9.95. The van der Waals surface area contributed by atoms with Crippen LogP contribution in [0.4, 0.5) is 16.2 Å². The van der Waals surface area contributed by atoms with Gasteiger partial charge in [-0.25, -0.2) is 4.79 Å². The molecule has 0 aromatic heterocycles. The first-order chi connectivity index (χ1) is 13.0. The maximum Gasteiger partial charge on any atom is 0.323 e. The minimum Gasteiger partial charge on any atom is -0.349 e. The van der Waals surface area contributed by atoms with Crippen molar-refractivity contribution < 1.29 is 9.59 Å². The van der Waals surface area contributed by atoms with Crippen LogP contribution in [-0.2, 0) is 0 Å². The average molecular weight is 406 g/mol. The molecule has 0 unspecified atom stereocenters. The summed E-state index contributed by atoms with van der Waals surface area (Å²) in [5.41, 5.74) is 1.70. The number of amides is 3. The number of urea groups is 1. The molecule has 3 rings (SSSR count). The summed E-state index contributed by atoms with van der Waals surface area (Å²) in [6.07, 6.45) is 5.67. The minimum atomic E-state index is -0.409. The summed E-state index contributed by atoms with van der Waals surface area (Å²) >= 11 is 11.8. The Morgan fingerprint density at radius 2 is 1.44 bits per heavy atom. The van der Waals surface area contributed by atoms with E-state index in [2.05, 4.69) is 16.0 Å². The van der Waals surface area contributed by atoms with Crippen molar-refractivity contribution in [1.82, 2.24) is 5.32 Å². The molecule has 1 aliphatic rings. The van der Waals surface area contributed by atoms with Gasteiger partial charge in [0.1, 0.15) is 0 Å². The van der Waals surface area contributed by atoms with E-state index in [1.165, 1.54) is 19.3 Å². The number of halogens is 2. The van der Waals surface area contributed by atoms with Gasteiger partial charge in [-0.15, -0.1) is 0 Å². The number of anilines is 2. The lowest BCUT2D eigenvalue weighted by Gasteiger charge is -2.22. The van der Waals surface area contributed by atoms with Gasteiger partial charge in [-0.3, -0.25) is 4.79 Å². The van der Waals surface area contributed by atoms with Crippen molar-refractivity contribution in [3.8, 4) is 0 Å². The highest BCUT2D eigenvalue weighted by Gasteiger charge is 2.16. The molecule has 1 fully saturated rings. The largest absolute Gasteiger partial charge is 0.349 e. The SMILES string of the molecule is O=C(Nc1ccc(C(=O)NC2CCCCC2)cc1)Nc1ccc(Cl)c(Cl)c1. The second-order valence-electron chi connectivity index (χ2n) is 6.59. The molecule has 0 radical (unpaired) electrons. The first-order valence-electron chi connectivity index (χ1n) is 8.95. The van der Waals surface area contributed by atoms with Gasteiger partial charge < -0.3 is 16.0 Å². The van der Waals surface area contributed by atoms with Crippen molar-refractivity contribution in [2.24, 2.45) is 0 Å². The number of benzene rings is 2. The zero-order chi connectivity index (χ0) is 19.2. The van der Waals surface area contributed by atoms with Gasteiger partial charge in [0.2, 0.25) is 0 Å². The second-order valence-corrected chi connectivity index (χ2v) is 7.41. The fourth-order valence-electron chi connectivity index (χ4n) is 3.09. The van der Waals surface area contributed by atoms with Crippen LogP contribution in [0.1, 0.15) is 42.5 Å². The Balaban J connectivity index is 1.54. The molecule has 1 saturated carbocycles. The molecule has 1 aliphatic carbocycles. The second kappa shape index (κ2) is 9.11. The van der Waals surface area contributed by atoms with Gasteiger partial charge >= 0.3 is 6.03 Å². The molecule has 7 heteroatoms. The smallest absolute Gasteiger partial charge is 0.323 e. The summed E-state index contributed by atoms with van der Waals surface area (Å²) in [4.78, 5) is 24.4. The zero-order valence-corrected chi connectivity index (χ0v) is 16.2. The first-order valence-corrected chi connectivity index (χ1v) is 9.71. The number of carbonyl (C=O) groups excluding carboxylic acids is 2. The molecule has 2 aromatic rings. The van der Waals surface area contributed by atoms with E-state index in [9.17, 15) is 9.59 Å². The van der Waals surface area contributed by atoms with Crippen LogP contribution in [0.5, 0.6) is 0 Å². The number of hydrogen-bond acceptors (Lipinski definition) is 2. The van der Waals surface area contributed by atoms with E-state index in [4.69, 9.17) is 23.2 Å². The highest BCUT2D eigenvalue weighted by molar-refractivity contribution is 6.42. The molecule has 5 nitrogen and oxygen atoms in total. The quantitative estimate of drug-likeness (QED) is 0.610. The summed E-state index contributed by atoms with van der Waals surface area (Å²) in [5, 5.41) is 9.25. The molecule has 0 heterocycles. The lowest BCUT2D eigenvalue weighted by Crippen LogP contribution is -2.36. The summed E-state index contributed by atoms with van der Waals surface area (Å²) in [7, 11) is 0. The van der Waals surface area contributed by atoms with Crippen molar-refractivity contribution in [2.45, 2.75) is 38.1 Å². The standard InChI is InChI=1S/C20H21Cl2N3O2/c21-17-11-10-16(12-18(17)22)25-20(27)24-15-8-6-13(7-9-15)19(26)23-14-4-2-1-3-5-14/h6-12,14H,1-5H2,(H,23,26)(H2,24,25,27). The molecule has 27 heavy (non-hydrogen) atoms. The highest BCUT2D eigenvalue weighted by atomic mass is 35.5. The number of rotatable bonds is 4. The third kappa shape index (κ3) is 5.62. The third-order valence-corrected chi connectivity index (χ3v) is 5.26. The van der Waals surface area contributed by atoms with Gasteiger partial charge in [-0.2, -0.15) is 0 Å². The van der Waals surface area contributed by atoms with Crippen LogP contribution in [0.25, 0.3) is 0 Å². The Bertz CT molecular complexity index is 818. The minimum absolute atomic E-state index is 0.0753. The summed E-state index contributed by atoms with van der Waals surface area (Å²) < 4.78 is 0. The van der Waals surface area contributed by atoms with E-state index < -0.39 is 6.03 Å². The molecular formula is C20H21Cl2N3O2. The zero-order valence-electron chi connectivity index (χ0n) is 14.7. The predicted octanol–water partition coefficient (Wildman–Crippen LogP) is 5.70. The van der Waals surface area contributed by atoms with Crippen LogP contribution >= 0.6 is 23.2 Å². The van der Waals surface area contributed by atoms with E-state index in [0.29, 0.717) is 27.0 Å². The Morgan fingerprint density at radius 3 is 2.11 bits per heavy atom. The van der Waals surface area contributed by atoms with Gasteiger partial charge in [0.05, 0.1) is 10.0 Å². The lowest BCUT2D eigenvalue weighted by molar-refractivity contribution is 0.0927. The Hall–Kier alpha value is -2.24. The third-order valence-electron chi connectivity index (χ3n) is 4.52. The maximum absolute atomic E-state index is 12.3. The molecular weight excluding hydrogens is 385 g/mol. The fraction of sp³-hybridized carbons (Fsp3) is 0.300. The molecule has 2 aromatic carbocycles. The molecule has 142 valence electrons. The van der Waals surface area contributed by atoms with Crippen LogP contribution in [0.3, 0.4) is 0 Å². The monoisotopic (exact) mass is 405 g/mol. The van der Waals surface area contributed by atoms with E-state index in [1.54, 1.807) is 42.5 Å². The highest BCUT2D eigenvalue weighted by Crippen LogP contribution is 2.25. The number of hydrogen-bond donors (Lipinski definition) is 3. The van der Waals surface area contributed by atoms with Crippen LogP contribution in [0.15, 0.2) is 42.5 Å². The predicted molar refractivity (Wildman–Crippen MR) is 110 cm³/mol. The van der Waals surface area contributed by atoms with Crippen molar-refractivity contribution in [1.29, 1.82) is 0 Å². The molecule has 0 atom stereocenters. The van der Waals surface area contributed by atoms with E-state index in [-0.39, 0.29) is 11.9 Å². The van der Waals surface area contributed by atoms with Gasteiger partial charge in [-0.1, -0.05) is 42.5 Å². The Labute approximate surface area is 168 Å². The van der Waals surface area contributed by atoms with Crippen LogP contribution < -0.4 is 16.0 Å². The summed E-state index contributed by atoms with van der Waals surface area (Å²) in [6, 6.07) is 11.5. The summed E-state index contributed by atoms with van der Waals surface area (Å²) in [6.45, 7) is 0. The molecule has 3 amide bonds. The van der Waals surface area contributed by atoms with Crippen LogP contribution in [0, 0.1) is 0 Å². The van der Waals surface area contributed by atoms with Gasteiger partial charge in [0, 0.05) is 23.0 Å². The Morgan fingerprint density at radius 1 is 0.815 bits per heavy atom. The van der Waals surface area contributed by atoms with Crippen molar-refractivity contribution in [3.63, 3.8) is 0 Å². The average Bonchev–Trinajstić information content (AvgIpc) is 2.66. The van der Waals surface area contributed by atoms with Crippen molar-refractivity contribution >= 4 is 46.5 Å². The molecule has 3 N–H and O–H groups in total. The molecule has 0 spiro atoms. The topological polar surface area (TPSA) is 70.2 Å². The normalized spacial score (nSPS) is 14.4. The van der Waals surface area contributed by atoms with E-state index in [0.717, 1.165) is 12.8 Å². The Kier molecular flexibility index (Phi) is 6.58. The first kappa shape index (κ1) is 19.5. The van der Waals surface area contributed by atoms with Crippen LogP contribution in [0.2, 0.25) is 10.0 Å². The van der Waals surface area contributed by atoms with Gasteiger partial charge in [0.25, 0.3) is 5.91 Å². The summed E-state index contributed by atoms with van der Waals surface area (Å²) in [5.74, 6) is -0.0753. The van der Waals surface area contributed by atoms with Crippen LogP contribution in [-0.4, -0.2) is 18.0 Å². The molecule has 0 saturated heterocycles. The van der Waals surface area contributed by atoms with Crippen molar-refractivity contribution in [2.75, 3.05) is 10.6 Å². The van der Waals surface area contributed by atoms with E-state index >= 15 is 0 Å². The maximum atomic E-state index is 12.3. The number of nitrogens with one attached hydrogen (secondary N) is 3.